The summed E-state index contributed by atoms with van der Waals surface area (Å²) in [6, 6.07) is 20.2. The third-order valence-corrected chi connectivity index (χ3v) is 8.70. The minimum Gasteiger partial charge on any atom is -0.337 e. The van der Waals surface area contributed by atoms with Crippen LogP contribution in [0.25, 0.3) is 21.6 Å². The number of likely N-dealkylation sites (tertiary alicyclic amines) is 1. The van der Waals surface area contributed by atoms with E-state index in [2.05, 4.69) is 48.6 Å². The lowest BCUT2D eigenvalue weighted by Gasteiger charge is -2.33. The third kappa shape index (κ3) is 6.72. The molecule has 1 aliphatic rings. The van der Waals surface area contributed by atoms with Crippen molar-refractivity contribution in [3.05, 3.63) is 99.1 Å². The van der Waals surface area contributed by atoms with Gasteiger partial charge in [0.05, 0.1) is 0 Å². The Morgan fingerprint density at radius 3 is 2.59 bits per heavy atom. The van der Waals surface area contributed by atoms with Crippen LogP contribution in [0.1, 0.15) is 55.2 Å². The van der Waals surface area contributed by atoms with E-state index >= 15 is 0 Å². The lowest BCUT2D eigenvalue weighted by Crippen LogP contribution is -2.47. The van der Waals surface area contributed by atoms with Gasteiger partial charge in [0.25, 0.3) is 5.91 Å². The predicted molar refractivity (Wildman–Crippen MR) is 164 cm³/mol. The summed E-state index contributed by atoms with van der Waals surface area (Å²) >= 11 is 14.4. The first kappa shape index (κ1) is 27.9. The Bertz CT molecular complexity index is 1460. The predicted octanol–water partition coefficient (Wildman–Crippen LogP) is 8.48. The quantitative estimate of drug-likeness (QED) is 0.250. The third-order valence-electron chi connectivity index (χ3n) is 7.16. The van der Waals surface area contributed by atoms with Crippen molar-refractivity contribution in [2.24, 2.45) is 0 Å². The van der Waals surface area contributed by atoms with Crippen molar-refractivity contribution in [1.82, 2.24) is 15.2 Å². The van der Waals surface area contributed by atoms with Crippen molar-refractivity contribution in [1.29, 1.82) is 0 Å². The van der Waals surface area contributed by atoms with E-state index in [0.717, 1.165) is 53.3 Å². The largest absolute Gasteiger partial charge is 0.337 e. The first-order chi connectivity index (χ1) is 18.7. The summed E-state index contributed by atoms with van der Waals surface area (Å²) in [4.78, 5) is 21.0. The van der Waals surface area contributed by atoms with Gasteiger partial charge in [-0.2, -0.15) is 0 Å². The molecule has 202 valence electrons. The summed E-state index contributed by atoms with van der Waals surface area (Å²) in [5.74, 6) is 0.0268. The molecule has 4 nitrogen and oxygen atoms in total. The summed E-state index contributed by atoms with van der Waals surface area (Å²) in [6.07, 6.45) is 3.90. The number of halogens is 2. The van der Waals surface area contributed by atoms with Gasteiger partial charge in [0.15, 0.2) is 0 Å². The fourth-order valence-corrected chi connectivity index (χ4v) is 6.20. The highest BCUT2D eigenvalue weighted by Gasteiger charge is 2.25. The molecule has 1 unspecified atom stereocenters. The number of thiophene rings is 1. The number of rotatable bonds is 6. The van der Waals surface area contributed by atoms with Crippen LogP contribution in [0.15, 0.2) is 72.2 Å². The Balaban J connectivity index is 1.26. The molecule has 0 aliphatic carbocycles. The molecule has 1 amide bonds. The van der Waals surface area contributed by atoms with Crippen LogP contribution in [0, 0.1) is 0 Å². The Labute approximate surface area is 245 Å². The zero-order chi connectivity index (χ0) is 27.6. The van der Waals surface area contributed by atoms with E-state index in [-0.39, 0.29) is 17.4 Å². The van der Waals surface area contributed by atoms with Crippen LogP contribution in [-0.4, -0.2) is 34.9 Å². The second-order valence-corrected chi connectivity index (χ2v) is 12.9. The van der Waals surface area contributed by atoms with Gasteiger partial charge in [0, 0.05) is 69.0 Å². The van der Waals surface area contributed by atoms with Crippen LogP contribution >= 0.6 is 34.5 Å². The molecular weight excluding hydrogens is 545 g/mol. The van der Waals surface area contributed by atoms with Crippen molar-refractivity contribution in [2.45, 2.75) is 51.6 Å². The summed E-state index contributed by atoms with van der Waals surface area (Å²) in [7, 11) is 0. The van der Waals surface area contributed by atoms with E-state index in [1.165, 1.54) is 10.4 Å². The molecule has 1 saturated heterocycles. The number of pyridine rings is 1. The van der Waals surface area contributed by atoms with E-state index in [4.69, 9.17) is 23.2 Å². The number of hydrogen-bond acceptors (Lipinski definition) is 4. The van der Waals surface area contributed by atoms with Gasteiger partial charge >= 0.3 is 0 Å². The fraction of sp³-hybridized carbons (Fsp3) is 0.312. The number of nitrogens with zero attached hydrogens (tertiary/aromatic N) is 2. The molecule has 2 aromatic heterocycles. The second-order valence-electron chi connectivity index (χ2n) is 11.2. The van der Waals surface area contributed by atoms with Crippen molar-refractivity contribution in [2.75, 3.05) is 13.1 Å². The topological polar surface area (TPSA) is 45.2 Å². The van der Waals surface area contributed by atoms with E-state index < -0.39 is 0 Å². The van der Waals surface area contributed by atoms with Crippen molar-refractivity contribution >= 4 is 40.4 Å². The molecule has 0 saturated carbocycles. The zero-order valence-electron chi connectivity index (χ0n) is 22.5. The molecule has 2 aromatic carbocycles. The molecule has 5 rings (SSSR count). The fourth-order valence-electron chi connectivity index (χ4n) is 4.88. The Morgan fingerprint density at radius 1 is 1.05 bits per heavy atom. The number of benzene rings is 2. The van der Waals surface area contributed by atoms with Crippen LogP contribution in [0.4, 0.5) is 0 Å². The highest BCUT2D eigenvalue weighted by Crippen LogP contribution is 2.37. The highest BCUT2D eigenvalue weighted by atomic mass is 35.5. The van der Waals surface area contributed by atoms with Gasteiger partial charge in [-0.3, -0.25) is 9.78 Å². The summed E-state index contributed by atoms with van der Waals surface area (Å²) < 4.78 is 0. The minimum absolute atomic E-state index is 0.0110. The number of carbonyl (C=O) groups is 1. The first-order valence-corrected chi connectivity index (χ1v) is 14.9. The van der Waals surface area contributed by atoms with Crippen LogP contribution in [0.2, 0.25) is 10.0 Å². The Hall–Kier alpha value is -2.70. The number of piperidine rings is 1. The standard InChI is InChI=1S/C32H33Cl2N3OS/c1-32(2,3)30-17-22(12-13-35-30)29-16-24(20-39-29)27-11-8-23(15-28(27)34)31(38)37-14-4-5-26(19-37)36-18-21-6-9-25(33)10-7-21/h6-13,15-17,20,26,36H,4-5,14,18-19H2,1-3H3. The monoisotopic (exact) mass is 577 g/mol. The van der Waals surface area contributed by atoms with Crippen LogP contribution in [-0.2, 0) is 12.0 Å². The van der Waals surface area contributed by atoms with Crippen LogP contribution < -0.4 is 5.32 Å². The molecule has 1 aliphatic heterocycles. The smallest absolute Gasteiger partial charge is 0.253 e. The molecule has 7 heteroatoms. The van der Waals surface area contributed by atoms with Gasteiger partial charge in [-0.05, 0) is 77.4 Å². The minimum atomic E-state index is -0.0110. The van der Waals surface area contributed by atoms with Crippen molar-refractivity contribution < 1.29 is 4.79 Å². The molecule has 1 fully saturated rings. The lowest BCUT2D eigenvalue weighted by atomic mass is 9.90. The summed E-state index contributed by atoms with van der Waals surface area (Å²) in [5, 5.41) is 7.04. The van der Waals surface area contributed by atoms with Crippen LogP contribution in [0.3, 0.4) is 0 Å². The molecule has 39 heavy (non-hydrogen) atoms. The van der Waals surface area contributed by atoms with Crippen molar-refractivity contribution in [3.63, 3.8) is 0 Å². The van der Waals surface area contributed by atoms with Crippen LogP contribution in [0.5, 0.6) is 0 Å². The molecule has 4 aromatic rings. The number of nitrogens with one attached hydrogen (secondary N) is 1. The first-order valence-electron chi connectivity index (χ1n) is 13.3. The normalized spacial score (nSPS) is 15.9. The summed E-state index contributed by atoms with van der Waals surface area (Å²) in [5.41, 5.74) is 6.00. The molecule has 0 bridgehead atoms. The molecule has 0 spiro atoms. The molecule has 1 atom stereocenters. The maximum atomic E-state index is 13.4. The number of aromatic nitrogens is 1. The van der Waals surface area contributed by atoms with E-state index in [9.17, 15) is 4.79 Å². The second kappa shape index (κ2) is 11.8. The molecule has 1 N–H and O–H groups in total. The van der Waals surface area contributed by atoms with Gasteiger partial charge in [-0.1, -0.05) is 62.2 Å². The lowest BCUT2D eigenvalue weighted by molar-refractivity contribution is 0.0694. The van der Waals surface area contributed by atoms with E-state index in [0.29, 0.717) is 17.1 Å². The Morgan fingerprint density at radius 2 is 1.85 bits per heavy atom. The SMILES string of the molecule is CC(C)(C)c1cc(-c2cc(-c3ccc(C(=O)N4CCCC(NCc5ccc(Cl)cc5)C4)cc3Cl)cs2)ccn1. The van der Waals surface area contributed by atoms with Crippen molar-refractivity contribution in [3.8, 4) is 21.6 Å². The maximum absolute atomic E-state index is 13.4. The van der Waals surface area contributed by atoms with Gasteiger partial charge in [-0.25, -0.2) is 0 Å². The van der Waals surface area contributed by atoms with E-state index in [1.807, 2.05) is 59.6 Å². The van der Waals surface area contributed by atoms with Gasteiger partial charge < -0.3 is 10.2 Å². The van der Waals surface area contributed by atoms with Gasteiger partial charge in [-0.15, -0.1) is 11.3 Å². The highest BCUT2D eigenvalue weighted by molar-refractivity contribution is 7.14. The van der Waals surface area contributed by atoms with Gasteiger partial charge in [0.2, 0.25) is 0 Å². The average molecular weight is 579 g/mol. The Kier molecular flexibility index (Phi) is 8.43. The molecular formula is C32H33Cl2N3OS. The van der Waals surface area contributed by atoms with Gasteiger partial charge in [0.1, 0.15) is 0 Å². The summed E-state index contributed by atoms with van der Waals surface area (Å²) in [6.45, 7) is 8.70. The van der Waals surface area contributed by atoms with E-state index in [1.54, 1.807) is 11.3 Å². The average Bonchev–Trinajstić information content (AvgIpc) is 3.42. The molecule has 3 heterocycles. The zero-order valence-corrected chi connectivity index (χ0v) is 24.8. The maximum Gasteiger partial charge on any atom is 0.253 e. The molecule has 0 radical (unpaired) electrons. The number of hydrogen-bond donors (Lipinski definition) is 1. The number of amides is 1. The number of carbonyl (C=O) groups excluding carboxylic acids is 1.